The van der Waals surface area contributed by atoms with Crippen molar-refractivity contribution in [2.45, 2.75) is 24.5 Å². The van der Waals surface area contributed by atoms with Crippen LogP contribution in [0, 0.1) is 0 Å². The van der Waals surface area contributed by atoms with E-state index in [2.05, 4.69) is 19.9 Å². The van der Waals surface area contributed by atoms with Crippen molar-refractivity contribution in [1.29, 1.82) is 0 Å². The van der Waals surface area contributed by atoms with Crippen molar-refractivity contribution in [3.05, 3.63) is 90.3 Å². The van der Waals surface area contributed by atoms with E-state index in [1.807, 2.05) is 36.4 Å². The first-order valence-corrected chi connectivity index (χ1v) is 8.97. The number of aliphatic hydroxyl groups is 1. The third kappa shape index (κ3) is 3.00. The van der Waals surface area contributed by atoms with Gasteiger partial charge in [-0.15, -0.1) is 0 Å². The van der Waals surface area contributed by atoms with Crippen molar-refractivity contribution in [2.24, 2.45) is 0 Å². The van der Waals surface area contributed by atoms with Crippen molar-refractivity contribution in [1.82, 2.24) is 19.9 Å². The van der Waals surface area contributed by atoms with Gasteiger partial charge in [0, 0.05) is 48.3 Å². The molecule has 0 spiro atoms. The molecule has 0 saturated carbocycles. The normalized spacial score (nSPS) is 16.5. The van der Waals surface area contributed by atoms with Crippen molar-refractivity contribution < 1.29 is 5.11 Å². The highest BCUT2D eigenvalue weighted by molar-refractivity contribution is 5.39. The molecule has 1 atom stereocenters. The first-order valence-electron chi connectivity index (χ1n) is 8.97. The lowest BCUT2D eigenvalue weighted by molar-refractivity contribution is -0.0153. The van der Waals surface area contributed by atoms with Crippen LogP contribution < -0.4 is 0 Å². The van der Waals surface area contributed by atoms with Gasteiger partial charge in [-0.3, -0.25) is 19.9 Å². The quantitative estimate of drug-likeness (QED) is 0.770. The van der Waals surface area contributed by atoms with E-state index in [0.29, 0.717) is 0 Å². The van der Waals surface area contributed by atoms with Crippen LogP contribution in [0.25, 0.3) is 0 Å². The molecule has 1 saturated heterocycles. The minimum Gasteiger partial charge on any atom is -0.378 e. The summed E-state index contributed by atoms with van der Waals surface area (Å²) in [6.45, 7) is 1.91. The van der Waals surface area contributed by atoms with E-state index in [4.69, 9.17) is 0 Å². The molecule has 132 valence electrons. The lowest BCUT2D eigenvalue weighted by Gasteiger charge is -2.42. The highest BCUT2D eigenvalue weighted by atomic mass is 16.3. The van der Waals surface area contributed by atoms with Crippen molar-refractivity contribution in [3.63, 3.8) is 0 Å². The summed E-state index contributed by atoms with van der Waals surface area (Å²) in [5, 5.41) is 12.2. The molecular formula is C21H22N4O. The van der Waals surface area contributed by atoms with E-state index in [9.17, 15) is 5.11 Å². The number of hydrogen-bond donors (Lipinski definition) is 1. The fraction of sp³-hybridized carbons (Fsp3) is 0.286. The van der Waals surface area contributed by atoms with E-state index < -0.39 is 5.60 Å². The van der Waals surface area contributed by atoms with Crippen LogP contribution in [0.5, 0.6) is 0 Å². The lowest BCUT2D eigenvalue weighted by Crippen LogP contribution is -2.44. The number of pyridine rings is 3. The van der Waals surface area contributed by atoms with Crippen molar-refractivity contribution in [3.8, 4) is 0 Å². The molecule has 1 aliphatic rings. The molecule has 0 bridgehead atoms. The molecule has 0 amide bonds. The summed E-state index contributed by atoms with van der Waals surface area (Å²) in [5.74, 6) is 0. The molecule has 1 unspecified atom stereocenters. The largest absolute Gasteiger partial charge is 0.378 e. The summed E-state index contributed by atoms with van der Waals surface area (Å²) in [7, 11) is 0. The van der Waals surface area contributed by atoms with Gasteiger partial charge in [-0.2, -0.15) is 0 Å². The van der Waals surface area contributed by atoms with Gasteiger partial charge < -0.3 is 5.11 Å². The summed E-state index contributed by atoms with van der Waals surface area (Å²) in [6.07, 6.45) is 12.8. The SMILES string of the molecule is OC(c1cccnc1)(c1cccnc1)C(c1ccncc1)N1CCCC1. The van der Waals surface area contributed by atoms with Crippen LogP contribution in [0.3, 0.4) is 0 Å². The van der Waals surface area contributed by atoms with Crippen LogP contribution >= 0.6 is 0 Å². The molecule has 1 fully saturated rings. The van der Waals surface area contributed by atoms with Crippen LogP contribution in [0.15, 0.2) is 73.6 Å². The molecule has 5 nitrogen and oxygen atoms in total. The Morgan fingerprint density at radius 3 is 1.88 bits per heavy atom. The summed E-state index contributed by atoms with van der Waals surface area (Å²) in [4.78, 5) is 15.0. The van der Waals surface area contributed by atoms with Gasteiger partial charge in [0.15, 0.2) is 0 Å². The second-order valence-electron chi connectivity index (χ2n) is 6.68. The zero-order valence-electron chi connectivity index (χ0n) is 14.6. The molecule has 5 heteroatoms. The van der Waals surface area contributed by atoms with E-state index in [0.717, 1.165) is 42.6 Å². The summed E-state index contributed by atoms with van der Waals surface area (Å²) < 4.78 is 0. The summed E-state index contributed by atoms with van der Waals surface area (Å²) in [6, 6.07) is 11.3. The van der Waals surface area contributed by atoms with E-state index in [1.54, 1.807) is 37.2 Å². The lowest BCUT2D eigenvalue weighted by atomic mass is 9.78. The van der Waals surface area contributed by atoms with E-state index >= 15 is 0 Å². The molecule has 0 radical (unpaired) electrons. The van der Waals surface area contributed by atoms with Crippen LogP contribution in [0.2, 0.25) is 0 Å². The van der Waals surface area contributed by atoms with E-state index in [1.165, 1.54) is 0 Å². The Morgan fingerprint density at radius 2 is 1.38 bits per heavy atom. The molecule has 26 heavy (non-hydrogen) atoms. The molecule has 3 aromatic heterocycles. The minimum atomic E-state index is -1.26. The average Bonchev–Trinajstić information content (AvgIpc) is 3.24. The smallest absolute Gasteiger partial charge is 0.137 e. The number of likely N-dealkylation sites (tertiary alicyclic amines) is 1. The molecule has 1 aliphatic heterocycles. The fourth-order valence-electron chi connectivity index (χ4n) is 3.92. The maximum absolute atomic E-state index is 12.2. The topological polar surface area (TPSA) is 62.1 Å². The van der Waals surface area contributed by atoms with Gasteiger partial charge >= 0.3 is 0 Å². The zero-order valence-corrected chi connectivity index (χ0v) is 14.6. The monoisotopic (exact) mass is 346 g/mol. The molecule has 0 aliphatic carbocycles. The average molecular weight is 346 g/mol. The first-order chi connectivity index (χ1) is 12.8. The highest BCUT2D eigenvalue weighted by Gasteiger charge is 2.45. The van der Waals surface area contributed by atoms with Gasteiger partial charge in [-0.25, -0.2) is 0 Å². The highest BCUT2D eigenvalue weighted by Crippen LogP contribution is 2.45. The van der Waals surface area contributed by atoms with Crippen molar-refractivity contribution >= 4 is 0 Å². The first kappa shape index (κ1) is 16.8. The van der Waals surface area contributed by atoms with Crippen LogP contribution in [0.1, 0.15) is 35.6 Å². The van der Waals surface area contributed by atoms with Gasteiger partial charge in [0.05, 0.1) is 6.04 Å². The number of rotatable bonds is 5. The third-order valence-electron chi connectivity index (χ3n) is 5.13. The Morgan fingerprint density at radius 1 is 0.808 bits per heavy atom. The van der Waals surface area contributed by atoms with Gasteiger partial charge in [0.1, 0.15) is 5.60 Å². The summed E-state index contributed by atoms with van der Waals surface area (Å²) in [5.41, 5.74) is 1.31. The van der Waals surface area contributed by atoms with Crippen LogP contribution in [0.4, 0.5) is 0 Å². The number of aromatic nitrogens is 3. The Balaban J connectivity index is 1.93. The molecule has 4 heterocycles. The Kier molecular flexibility index (Phi) is 4.73. The predicted molar refractivity (Wildman–Crippen MR) is 99.3 cm³/mol. The second-order valence-corrected chi connectivity index (χ2v) is 6.68. The Bertz CT molecular complexity index is 781. The molecular weight excluding hydrogens is 324 g/mol. The van der Waals surface area contributed by atoms with Gasteiger partial charge in [0.2, 0.25) is 0 Å². The maximum atomic E-state index is 12.2. The Labute approximate surface area is 153 Å². The summed E-state index contributed by atoms with van der Waals surface area (Å²) >= 11 is 0. The minimum absolute atomic E-state index is 0.235. The Hall–Kier alpha value is -2.63. The van der Waals surface area contributed by atoms with Crippen LogP contribution in [-0.4, -0.2) is 38.0 Å². The second kappa shape index (κ2) is 7.32. The van der Waals surface area contributed by atoms with Crippen molar-refractivity contribution in [2.75, 3.05) is 13.1 Å². The molecule has 0 aromatic carbocycles. The van der Waals surface area contributed by atoms with E-state index in [-0.39, 0.29) is 6.04 Å². The predicted octanol–water partition coefficient (Wildman–Crippen LogP) is 2.94. The number of nitrogens with zero attached hydrogens (tertiary/aromatic N) is 4. The van der Waals surface area contributed by atoms with Gasteiger partial charge in [0.25, 0.3) is 0 Å². The fourth-order valence-corrected chi connectivity index (χ4v) is 3.92. The standard InChI is InChI=1S/C21H22N4O/c26-21(18-5-3-9-23-15-18,19-6-4-10-24-16-19)20(25-13-1-2-14-25)17-7-11-22-12-8-17/h3-12,15-16,20,26H,1-2,13-14H2. The van der Waals surface area contributed by atoms with Gasteiger partial charge in [-0.1, -0.05) is 12.1 Å². The number of hydrogen-bond acceptors (Lipinski definition) is 5. The van der Waals surface area contributed by atoms with Gasteiger partial charge in [-0.05, 0) is 55.8 Å². The van der Waals surface area contributed by atoms with Crippen LogP contribution in [-0.2, 0) is 5.60 Å². The molecule has 4 rings (SSSR count). The zero-order chi connectivity index (χ0) is 17.8. The maximum Gasteiger partial charge on any atom is 0.137 e. The molecule has 1 N–H and O–H groups in total. The third-order valence-corrected chi connectivity index (χ3v) is 5.13. The molecule has 3 aromatic rings.